The SMILES string of the molecule is CCCCN(C(=O)O)C(CC)c1nc2cccc(C#N)c2c(=O)n1-c1cc[nH]n1. The Kier molecular flexibility index (Phi) is 5.93. The Morgan fingerprint density at radius 1 is 1.38 bits per heavy atom. The molecule has 0 aliphatic rings. The largest absolute Gasteiger partial charge is 0.465 e. The van der Waals surface area contributed by atoms with Crippen LogP contribution in [-0.4, -0.2) is 42.4 Å². The number of carbonyl (C=O) groups is 1. The van der Waals surface area contributed by atoms with Crippen molar-refractivity contribution in [1.29, 1.82) is 5.26 Å². The van der Waals surface area contributed by atoms with Gasteiger partial charge in [0.2, 0.25) is 0 Å². The zero-order valence-corrected chi connectivity index (χ0v) is 16.3. The van der Waals surface area contributed by atoms with Crippen molar-refractivity contribution < 1.29 is 9.90 Å². The van der Waals surface area contributed by atoms with Gasteiger partial charge in [-0.2, -0.15) is 10.4 Å². The Hall–Kier alpha value is -3.67. The summed E-state index contributed by atoms with van der Waals surface area (Å²) in [6.45, 7) is 4.17. The van der Waals surface area contributed by atoms with Gasteiger partial charge in [0, 0.05) is 18.8 Å². The fourth-order valence-corrected chi connectivity index (χ4v) is 3.42. The molecule has 2 heterocycles. The lowest BCUT2D eigenvalue weighted by molar-refractivity contribution is 0.118. The summed E-state index contributed by atoms with van der Waals surface area (Å²) in [4.78, 5) is 31.3. The molecule has 3 rings (SSSR count). The van der Waals surface area contributed by atoms with Crippen LogP contribution >= 0.6 is 0 Å². The van der Waals surface area contributed by atoms with Gasteiger partial charge in [0.05, 0.1) is 22.5 Å². The number of nitrogens with one attached hydrogen (secondary N) is 1. The summed E-state index contributed by atoms with van der Waals surface area (Å²) >= 11 is 0. The normalized spacial score (nSPS) is 11.9. The van der Waals surface area contributed by atoms with Gasteiger partial charge < -0.3 is 5.11 Å². The Labute approximate surface area is 167 Å². The molecule has 2 N–H and O–H groups in total. The molecule has 0 bridgehead atoms. The second kappa shape index (κ2) is 8.56. The van der Waals surface area contributed by atoms with Crippen LogP contribution in [0.15, 0.2) is 35.3 Å². The van der Waals surface area contributed by atoms with E-state index in [0.29, 0.717) is 30.7 Å². The standard InChI is InChI=1S/C20H22N6O3/c1-3-5-11-25(20(28)29)15(4-2)18-23-14-8-6-7-13(12-21)17(14)19(27)26(18)16-9-10-22-24-16/h6-10,15H,3-5,11H2,1-2H3,(H,22,24)(H,28,29). The molecule has 29 heavy (non-hydrogen) atoms. The average Bonchev–Trinajstić information content (AvgIpc) is 3.24. The van der Waals surface area contributed by atoms with Crippen LogP contribution in [0.5, 0.6) is 0 Å². The predicted octanol–water partition coefficient (Wildman–Crippen LogP) is 3.21. The molecule has 0 saturated heterocycles. The van der Waals surface area contributed by atoms with Crippen molar-refractivity contribution >= 4 is 17.0 Å². The summed E-state index contributed by atoms with van der Waals surface area (Å²) in [5, 5.41) is 26.2. The lowest BCUT2D eigenvalue weighted by Crippen LogP contribution is -2.38. The first kappa shape index (κ1) is 20.1. The van der Waals surface area contributed by atoms with E-state index >= 15 is 0 Å². The monoisotopic (exact) mass is 394 g/mol. The van der Waals surface area contributed by atoms with E-state index in [1.54, 1.807) is 30.5 Å². The van der Waals surface area contributed by atoms with Crippen molar-refractivity contribution in [2.75, 3.05) is 6.54 Å². The molecule has 1 atom stereocenters. The fourth-order valence-electron chi connectivity index (χ4n) is 3.42. The molecule has 9 heteroatoms. The molecule has 0 spiro atoms. The highest BCUT2D eigenvalue weighted by Gasteiger charge is 2.29. The number of amides is 1. The van der Waals surface area contributed by atoms with Crippen LogP contribution < -0.4 is 5.56 Å². The third-order valence-corrected chi connectivity index (χ3v) is 4.82. The van der Waals surface area contributed by atoms with E-state index in [2.05, 4.69) is 15.2 Å². The molecule has 0 aliphatic heterocycles. The van der Waals surface area contributed by atoms with Crippen LogP contribution in [0.1, 0.15) is 50.5 Å². The Bertz CT molecular complexity index is 1110. The molecule has 0 aliphatic carbocycles. The molecule has 150 valence electrons. The van der Waals surface area contributed by atoms with Crippen LogP contribution in [0.3, 0.4) is 0 Å². The van der Waals surface area contributed by atoms with Crippen LogP contribution in [0.4, 0.5) is 4.79 Å². The summed E-state index contributed by atoms with van der Waals surface area (Å²) in [5.74, 6) is 0.581. The van der Waals surface area contributed by atoms with E-state index in [0.717, 1.165) is 6.42 Å². The van der Waals surface area contributed by atoms with Gasteiger partial charge in [-0.15, -0.1) is 0 Å². The minimum Gasteiger partial charge on any atom is -0.465 e. The molecule has 0 saturated carbocycles. The maximum absolute atomic E-state index is 13.4. The third-order valence-electron chi connectivity index (χ3n) is 4.82. The van der Waals surface area contributed by atoms with Crippen molar-refractivity contribution in [3.05, 3.63) is 52.2 Å². The van der Waals surface area contributed by atoms with Crippen LogP contribution in [0, 0.1) is 11.3 Å². The first-order chi connectivity index (χ1) is 14.0. The maximum Gasteiger partial charge on any atom is 0.407 e. The van der Waals surface area contributed by atoms with Gasteiger partial charge in [-0.25, -0.2) is 14.3 Å². The average molecular weight is 394 g/mol. The molecule has 3 aromatic rings. The van der Waals surface area contributed by atoms with Crippen LogP contribution in [0.25, 0.3) is 16.7 Å². The minimum absolute atomic E-state index is 0.187. The highest BCUT2D eigenvalue weighted by atomic mass is 16.4. The fraction of sp³-hybridized carbons (Fsp3) is 0.350. The maximum atomic E-state index is 13.4. The highest BCUT2D eigenvalue weighted by Crippen LogP contribution is 2.26. The highest BCUT2D eigenvalue weighted by molar-refractivity contribution is 5.84. The zero-order chi connectivity index (χ0) is 21.0. The van der Waals surface area contributed by atoms with E-state index in [9.17, 15) is 20.0 Å². The van der Waals surface area contributed by atoms with Gasteiger partial charge in [0.25, 0.3) is 5.56 Å². The van der Waals surface area contributed by atoms with Crippen LogP contribution in [-0.2, 0) is 0 Å². The molecule has 1 aromatic carbocycles. The number of hydrogen-bond donors (Lipinski definition) is 2. The Balaban J connectivity index is 2.33. The van der Waals surface area contributed by atoms with Crippen molar-refractivity contribution in [3.8, 4) is 11.9 Å². The van der Waals surface area contributed by atoms with Crippen molar-refractivity contribution in [1.82, 2.24) is 24.6 Å². The van der Waals surface area contributed by atoms with Crippen molar-refractivity contribution in [2.45, 2.75) is 39.2 Å². The molecule has 0 radical (unpaired) electrons. The molecule has 9 nitrogen and oxygen atoms in total. The number of unbranched alkanes of at least 4 members (excludes halogenated alkanes) is 1. The zero-order valence-electron chi connectivity index (χ0n) is 16.3. The molecule has 1 unspecified atom stereocenters. The summed E-state index contributed by atoms with van der Waals surface area (Å²) < 4.78 is 1.30. The Morgan fingerprint density at radius 2 is 2.17 bits per heavy atom. The second-order valence-corrected chi connectivity index (χ2v) is 6.61. The van der Waals surface area contributed by atoms with E-state index in [1.165, 1.54) is 9.47 Å². The van der Waals surface area contributed by atoms with Gasteiger partial charge in [-0.1, -0.05) is 26.3 Å². The molecular weight excluding hydrogens is 372 g/mol. The third kappa shape index (κ3) is 3.69. The number of benzene rings is 1. The number of rotatable bonds is 7. The number of aromatic nitrogens is 4. The summed E-state index contributed by atoms with van der Waals surface area (Å²) in [6, 6.07) is 7.86. The van der Waals surface area contributed by atoms with Gasteiger partial charge in [-0.3, -0.25) is 14.8 Å². The summed E-state index contributed by atoms with van der Waals surface area (Å²) in [5.41, 5.74) is 0.119. The number of hydrogen-bond acceptors (Lipinski definition) is 5. The number of aromatic amines is 1. The number of carboxylic acid groups (broad SMARTS) is 1. The summed E-state index contributed by atoms with van der Waals surface area (Å²) in [7, 11) is 0. The number of fused-ring (bicyclic) bond motifs is 1. The minimum atomic E-state index is -1.07. The van der Waals surface area contributed by atoms with Crippen molar-refractivity contribution in [2.24, 2.45) is 0 Å². The van der Waals surface area contributed by atoms with E-state index in [4.69, 9.17) is 0 Å². The topological polar surface area (TPSA) is 128 Å². The summed E-state index contributed by atoms with van der Waals surface area (Å²) in [6.07, 6.45) is 2.46. The van der Waals surface area contributed by atoms with E-state index in [-0.39, 0.29) is 16.8 Å². The van der Waals surface area contributed by atoms with E-state index in [1.807, 2.05) is 19.9 Å². The lowest BCUT2D eigenvalue weighted by Gasteiger charge is -2.29. The number of H-pyrrole nitrogens is 1. The second-order valence-electron chi connectivity index (χ2n) is 6.61. The van der Waals surface area contributed by atoms with Gasteiger partial charge in [0.1, 0.15) is 11.9 Å². The predicted molar refractivity (Wildman–Crippen MR) is 107 cm³/mol. The smallest absolute Gasteiger partial charge is 0.407 e. The first-order valence-corrected chi connectivity index (χ1v) is 9.48. The number of nitriles is 1. The van der Waals surface area contributed by atoms with Gasteiger partial charge in [-0.05, 0) is 25.0 Å². The molecule has 0 fully saturated rings. The Morgan fingerprint density at radius 3 is 2.76 bits per heavy atom. The van der Waals surface area contributed by atoms with Crippen LogP contribution in [0.2, 0.25) is 0 Å². The van der Waals surface area contributed by atoms with Gasteiger partial charge in [0.15, 0.2) is 5.82 Å². The molecular formula is C20H22N6O3. The molecule has 1 amide bonds. The lowest BCUT2D eigenvalue weighted by atomic mass is 10.1. The van der Waals surface area contributed by atoms with E-state index < -0.39 is 17.7 Å². The number of nitrogens with zero attached hydrogens (tertiary/aromatic N) is 5. The van der Waals surface area contributed by atoms with Gasteiger partial charge >= 0.3 is 6.09 Å². The quantitative estimate of drug-likeness (QED) is 0.633. The molecule has 2 aromatic heterocycles. The van der Waals surface area contributed by atoms with Crippen molar-refractivity contribution in [3.63, 3.8) is 0 Å². The first-order valence-electron chi connectivity index (χ1n) is 9.48.